The van der Waals surface area contributed by atoms with Gasteiger partial charge in [-0.25, -0.2) is 20.0 Å². The first-order chi connectivity index (χ1) is 14.4. The maximum absolute atomic E-state index is 5.46. The van der Waals surface area contributed by atoms with Crippen molar-refractivity contribution < 1.29 is 18.9 Å². The molecular weight excluding hydrogens is 384 g/mol. The molecule has 0 saturated heterocycles. The Labute approximate surface area is 179 Å². The van der Waals surface area contributed by atoms with Crippen molar-refractivity contribution in [2.75, 3.05) is 28.4 Å². The van der Waals surface area contributed by atoms with Crippen LogP contribution in [0.3, 0.4) is 0 Å². The summed E-state index contributed by atoms with van der Waals surface area (Å²) in [5, 5.41) is 0. The first kappa shape index (κ1) is 23.7. The number of hydrogen-bond acceptors (Lipinski definition) is 8. The van der Waals surface area contributed by atoms with Gasteiger partial charge in [-0.1, -0.05) is 27.7 Å². The van der Waals surface area contributed by atoms with Crippen LogP contribution in [0.5, 0.6) is 0 Å². The third kappa shape index (κ3) is 5.53. The van der Waals surface area contributed by atoms with Crippen LogP contribution in [0.25, 0.3) is 0 Å². The molecule has 0 amide bonds. The number of methoxy groups -OCH3 is 4. The highest BCUT2D eigenvalue weighted by Gasteiger charge is 2.31. The summed E-state index contributed by atoms with van der Waals surface area (Å²) in [6, 6.07) is -0.824. The predicted molar refractivity (Wildman–Crippen MR) is 120 cm³/mol. The van der Waals surface area contributed by atoms with E-state index in [1.165, 1.54) is 0 Å². The lowest BCUT2D eigenvalue weighted by Crippen LogP contribution is -2.37. The second kappa shape index (κ2) is 11.0. The van der Waals surface area contributed by atoms with Gasteiger partial charge < -0.3 is 18.9 Å². The van der Waals surface area contributed by atoms with Crippen molar-refractivity contribution in [2.45, 2.75) is 64.7 Å². The van der Waals surface area contributed by atoms with Crippen molar-refractivity contribution in [3.05, 3.63) is 0 Å². The van der Waals surface area contributed by atoms with E-state index in [9.17, 15) is 0 Å². The largest absolute Gasteiger partial charge is 0.483 e. The van der Waals surface area contributed by atoms with Crippen LogP contribution in [-0.4, -0.2) is 76.2 Å². The monoisotopic (exact) mass is 418 g/mol. The molecule has 2 rings (SSSR count). The van der Waals surface area contributed by atoms with E-state index in [1.807, 2.05) is 0 Å². The van der Waals surface area contributed by atoms with E-state index >= 15 is 0 Å². The van der Waals surface area contributed by atoms with Crippen molar-refractivity contribution in [1.82, 2.24) is 0 Å². The van der Waals surface area contributed by atoms with Crippen LogP contribution in [0.2, 0.25) is 0 Å². The summed E-state index contributed by atoms with van der Waals surface area (Å²) < 4.78 is 21.8. The minimum Gasteiger partial charge on any atom is -0.483 e. The highest BCUT2D eigenvalue weighted by molar-refractivity contribution is 5.95. The van der Waals surface area contributed by atoms with Crippen molar-refractivity contribution >= 4 is 23.6 Å². The van der Waals surface area contributed by atoms with E-state index in [0.29, 0.717) is 36.4 Å². The third-order valence-electron chi connectivity index (χ3n) is 4.99. The maximum atomic E-state index is 5.46. The molecule has 0 saturated carbocycles. The van der Waals surface area contributed by atoms with Gasteiger partial charge >= 0.3 is 0 Å². The van der Waals surface area contributed by atoms with Gasteiger partial charge in [0, 0.05) is 12.8 Å². The molecule has 2 aliphatic rings. The Bertz CT molecular complexity index is 712. The fourth-order valence-corrected chi connectivity index (χ4v) is 3.32. The number of nitrogens with zero attached hydrogens (tertiary/aromatic N) is 4. The van der Waals surface area contributed by atoms with Crippen LogP contribution in [-0.2, 0) is 18.9 Å². The summed E-state index contributed by atoms with van der Waals surface area (Å²) in [5.74, 6) is 9.28. The predicted octanol–water partition coefficient (Wildman–Crippen LogP) is 2.76. The molecule has 0 radical (unpaired) electrons. The first-order valence-electron chi connectivity index (χ1n) is 10.3. The SMILES string of the molecule is COC1=N[C@H](C(C)C)C(OC)=N[C@H]1CC#CC[C@@H]1N=C(OC)[C@@H](C(C)C)N=C1OC. The smallest absolute Gasteiger partial charge is 0.210 e. The summed E-state index contributed by atoms with van der Waals surface area (Å²) in [6.45, 7) is 8.31. The van der Waals surface area contributed by atoms with E-state index in [4.69, 9.17) is 18.9 Å². The molecule has 8 heteroatoms. The highest BCUT2D eigenvalue weighted by atomic mass is 16.5. The molecule has 0 bridgehead atoms. The van der Waals surface area contributed by atoms with Gasteiger partial charge in [0.1, 0.15) is 24.2 Å². The number of aliphatic imine (C=N–C) groups is 4. The summed E-state index contributed by atoms with van der Waals surface area (Å²) in [7, 11) is 6.46. The Balaban J connectivity index is 2.10. The zero-order valence-corrected chi connectivity index (χ0v) is 19.3. The Morgan fingerprint density at radius 2 is 0.933 bits per heavy atom. The third-order valence-corrected chi connectivity index (χ3v) is 4.99. The molecule has 2 aliphatic heterocycles. The van der Waals surface area contributed by atoms with Crippen LogP contribution < -0.4 is 0 Å². The Kier molecular flexibility index (Phi) is 8.70. The number of hydrogen-bond donors (Lipinski definition) is 0. The fourth-order valence-electron chi connectivity index (χ4n) is 3.32. The number of ether oxygens (including phenoxy) is 4. The molecule has 0 unspecified atom stereocenters. The van der Waals surface area contributed by atoms with Gasteiger partial charge in [-0.05, 0) is 11.8 Å². The molecule has 0 aromatic carbocycles. The Morgan fingerprint density at radius 3 is 1.20 bits per heavy atom. The van der Waals surface area contributed by atoms with Crippen LogP contribution in [0.4, 0.5) is 0 Å². The fraction of sp³-hybridized carbons (Fsp3) is 0.727. The summed E-state index contributed by atoms with van der Waals surface area (Å²) in [5.41, 5.74) is 0. The van der Waals surface area contributed by atoms with Crippen molar-refractivity contribution in [1.29, 1.82) is 0 Å². The summed E-state index contributed by atoms with van der Waals surface area (Å²) in [6.07, 6.45) is 0.956. The van der Waals surface area contributed by atoms with Crippen molar-refractivity contribution in [2.24, 2.45) is 31.8 Å². The molecule has 166 valence electrons. The van der Waals surface area contributed by atoms with Crippen LogP contribution in [0, 0.1) is 23.7 Å². The standard InChI is InChI=1S/C22H34N4O4/c1-13(2)17-21(29-7)23-15(19(25-17)27-5)11-9-10-12-16-20(28-6)26-18(14(3)4)22(24-16)30-8/h13-18H,11-12H2,1-8H3/t15-,16-,17+,18+/m0/s1. The molecular formula is C22H34N4O4. The van der Waals surface area contributed by atoms with Crippen LogP contribution >= 0.6 is 0 Å². The highest BCUT2D eigenvalue weighted by Crippen LogP contribution is 2.20. The lowest BCUT2D eigenvalue weighted by Gasteiger charge is -2.26. The first-order valence-corrected chi connectivity index (χ1v) is 10.3. The van der Waals surface area contributed by atoms with E-state index in [2.05, 4.69) is 59.5 Å². The van der Waals surface area contributed by atoms with Gasteiger partial charge in [-0.3, -0.25) is 0 Å². The maximum Gasteiger partial charge on any atom is 0.210 e. The lowest BCUT2D eigenvalue weighted by molar-refractivity contribution is 0.333. The quantitative estimate of drug-likeness (QED) is 0.657. The zero-order chi connectivity index (χ0) is 22.3. The minimum absolute atomic E-state index is 0.132. The molecule has 2 heterocycles. The Hall–Kier alpha value is -2.56. The van der Waals surface area contributed by atoms with Crippen LogP contribution in [0.15, 0.2) is 20.0 Å². The second-order valence-corrected chi connectivity index (χ2v) is 7.86. The average Bonchev–Trinajstić information content (AvgIpc) is 2.75. The second-order valence-electron chi connectivity index (χ2n) is 7.86. The average molecular weight is 419 g/mol. The van der Waals surface area contributed by atoms with Gasteiger partial charge in [0.25, 0.3) is 0 Å². The van der Waals surface area contributed by atoms with E-state index in [-0.39, 0.29) is 36.0 Å². The molecule has 4 atom stereocenters. The molecule has 0 aromatic heterocycles. The Morgan fingerprint density at radius 1 is 0.600 bits per heavy atom. The van der Waals surface area contributed by atoms with E-state index < -0.39 is 0 Å². The molecule has 0 aliphatic carbocycles. The summed E-state index contributed by atoms with van der Waals surface area (Å²) >= 11 is 0. The van der Waals surface area contributed by atoms with E-state index in [1.54, 1.807) is 28.4 Å². The van der Waals surface area contributed by atoms with Gasteiger partial charge in [0.2, 0.25) is 23.6 Å². The zero-order valence-electron chi connectivity index (χ0n) is 19.3. The van der Waals surface area contributed by atoms with Crippen molar-refractivity contribution in [3.63, 3.8) is 0 Å². The van der Waals surface area contributed by atoms with Gasteiger partial charge in [-0.15, -0.1) is 11.8 Å². The summed E-state index contributed by atoms with van der Waals surface area (Å²) in [4.78, 5) is 18.7. The minimum atomic E-state index is -0.280. The molecule has 0 N–H and O–H groups in total. The molecule has 30 heavy (non-hydrogen) atoms. The lowest BCUT2D eigenvalue weighted by atomic mass is 10.0. The molecule has 8 nitrogen and oxygen atoms in total. The van der Waals surface area contributed by atoms with Gasteiger partial charge in [0.15, 0.2) is 0 Å². The van der Waals surface area contributed by atoms with E-state index in [0.717, 1.165) is 0 Å². The van der Waals surface area contributed by atoms with Crippen LogP contribution in [0.1, 0.15) is 40.5 Å². The van der Waals surface area contributed by atoms with Crippen molar-refractivity contribution in [3.8, 4) is 11.8 Å². The number of rotatable bonds is 4. The normalized spacial score (nSPS) is 26.1. The molecule has 0 aromatic rings. The van der Waals surface area contributed by atoms with Gasteiger partial charge in [-0.2, -0.15) is 0 Å². The van der Waals surface area contributed by atoms with Gasteiger partial charge in [0.05, 0.1) is 28.4 Å². The topological polar surface area (TPSA) is 86.4 Å². The molecule has 0 fully saturated rings. The molecule has 0 spiro atoms.